The van der Waals surface area contributed by atoms with Gasteiger partial charge < -0.3 is 20.4 Å². The van der Waals surface area contributed by atoms with Crippen LogP contribution >= 0.6 is 0 Å². The molecule has 0 aliphatic rings. The van der Waals surface area contributed by atoms with Crippen molar-refractivity contribution < 1.29 is 9.53 Å². The van der Waals surface area contributed by atoms with Gasteiger partial charge in [-0.25, -0.2) is 4.79 Å². The zero-order chi connectivity index (χ0) is 18.6. The van der Waals surface area contributed by atoms with E-state index in [0.29, 0.717) is 11.4 Å². The number of carbonyl (C=O) groups excluding carboxylic acids is 1. The number of aromatic amines is 1. The number of urea groups is 1. The summed E-state index contributed by atoms with van der Waals surface area (Å²) in [6.07, 6.45) is 0. The van der Waals surface area contributed by atoms with Crippen LogP contribution < -0.4 is 15.4 Å². The molecule has 0 saturated carbocycles. The van der Waals surface area contributed by atoms with Crippen molar-refractivity contribution in [2.24, 2.45) is 0 Å². The number of anilines is 2. The topological polar surface area (TPSA) is 66.2 Å². The third kappa shape index (κ3) is 3.77. The molecule has 0 spiro atoms. The van der Waals surface area contributed by atoms with E-state index in [2.05, 4.69) is 33.8 Å². The molecule has 27 heavy (non-hydrogen) atoms. The maximum absolute atomic E-state index is 12.2. The highest BCUT2D eigenvalue weighted by Crippen LogP contribution is 2.25. The average Bonchev–Trinajstić information content (AvgIpc) is 3.13. The maximum atomic E-state index is 12.2. The molecule has 0 bridgehead atoms. The summed E-state index contributed by atoms with van der Waals surface area (Å²) in [4.78, 5) is 15.6. The van der Waals surface area contributed by atoms with Gasteiger partial charge in [-0.15, -0.1) is 0 Å². The molecule has 5 nitrogen and oxygen atoms in total. The highest BCUT2D eigenvalue weighted by atomic mass is 16.5. The van der Waals surface area contributed by atoms with Gasteiger partial charge in [0.1, 0.15) is 5.75 Å². The van der Waals surface area contributed by atoms with Crippen molar-refractivity contribution in [3.63, 3.8) is 0 Å². The fourth-order valence-electron chi connectivity index (χ4n) is 2.96. The Bertz CT molecular complexity index is 1050. The highest BCUT2D eigenvalue weighted by molar-refractivity contribution is 6.00. The minimum atomic E-state index is -0.304. The average molecular weight is 357 g/mol. The normalized spacial score (nSPS) is 10.6. The molecule has 1 heterocycles. The van der Waals surface area contributed by atoms with Crippen molar-refractivity contribution in [2.45, 2.75) is 0 Å². The van der Waals surface area contributed by atoms with E-state index < -0.39 is 0 Å². The van der Waals surface area contributed by atoms with Crippen molar-refractivity contribution in [1.82, 2.24) is 4.98 Å². The minimum Gasteiger partial charge on any atom is -0.497 e. The lowest BCUT2D eigenvalue weighted by Gasteiger charge is -2.09. The van der Waals surface area contributed by atoms with Gasteiger partial charge >= 0.3 is 6.03 Å². The summed E-state index contributed by atoms with van der Waals surface area (Å²) in [6, 6.07) is 24.9. The van der Waals surface area contributed by atoms with Gasteiger partial charge in [-0.2, -0.15) is 0 Å². The Hall–Kier alpha value is -3.73. The second kappa shape index (κ2) is 7.25. The number of hydrogen-bond acceptors (Lipinski definition) is 2. The van der Waals surface area contributed by atoms with Crippen molar-refractivity contribution >= 4 is 28.3 Å². The van der Waals surface area contributed by atoms with E-state index in [9.17, 15) is 4.79 Å². The monoisotopic (exact) mass is 357 g/mol. The highest BCUT2D eigenvalue weighted by Gasteiger charge is 2.06. The van der Waals surface area contributed by atoms with Gasteiger partial charge in [0.25, 0.3) is 0 Å². The summed E-state index contributed by atoms with van der Waals surface area (Å²) in [7, 11) is 1.59. The number of ether oxygens (including phenoxy) is 1. The largest absolute Gasteiger partial charge is 0.497 e. The third-order valence-corrected chi connectivity index (χ3v) is 4.31. The van der Waals surface area contributed by atoms with Gasteiger partial charge in [-0.05, 0) is 42.0 Å². The molecule has 134 valence electrons. The Morgan fingerprint density at radius 1 is 0.852 bits per heavy atom. The van der Waals surface area contributed by atoms with Crippen LogP contribution in [0.5, 0.6) is 5.75 Å². The second-order valence-electron chi connectivity index (χ2n) is 6.16. The Kier molecular flexibility index (Phi) is 4.49. The second-order valence-corrected chi connectivity index (χ2v) is 6.16. The van der Waals surface area contributed by atoms with E-state index in [-0.39, 0.29) is 6.03 Å². The van der Waals surface area contributed by atoms with Crippen LogP contribution in [-0.4, -0.2) is 18.1 Å². The predicted molar refractivity (Wildman–Crippen MR) is 109 cm³/mol. The van der Waals surface area contributed by atoms with E-state index >= 15 is 0 Å². The lowest BCUT2D eigenvalue weighted by Crippen LogP contribution is -2.19. The molecule has 0 saturated heterocycles. The molecule has 5 heteroatoms. The van der Waals surface area contributed by atoms with Crippen molar-refractivity contribution in [3.05, 3.63) is 78.9 Å². The molecular formula is C22H19N3O2. The molecule has 4 aromatic rings. The maximum Gasteiger partial charge on any atom is 0.323 e. The van der Waals surface area contributed by atoms with Crippen LogP contribution in [0.1, 0.15) is 0 Å². The fraction of sp³-hybridized carbons (Fsp3) is 0.0455. The number of methoxy groups -OCH3 is 1. The molecule has 0 aliphatic carbocycles. The lowest BCUT2D eigenvalue weighted by molar-refractivity contribution is 0.262. The first-order valence-corrected chi connectivity index (χ1v) is 8.61. The van der Waals surface area contributed by atoms with Crippen molar-refractivity contribution in [2.75, 3.05) is 17.7 Å². The Balaban J connectivity index is 1.44. The Labute approximate surface area is 157 Å². The SMILES string of the molecule is COc1cccc(NC(=O)Nc2ccc(-c3cc4ccccc4[nH]3)cc2)c1. The van der Waals surface area contributed by atoms with E-state index in [1.807, 2.05) is 48.5 Å². The number of carbonyl (C=O) groups is 1. The van der Waals surface area contributed by atoms with Gasteiger partial charge in [0, 0.05) is 34.0 Å². The summed E-state index contributed by atoms with van der Waals surface area (Å²) >= 11 is 0. The summed E-state index contributed by atoms with van der Waals surface area (Å²) in [5, 5.41) is 6.80. The quantitative estimate of drug-likeness (QED) is 0.452. The van der Waals surface area contributed by atoms with Gasteiger partial charge in [0.15, 0.2) is 0 Å². The summed E-state index contributed by atoms with van der Waals surface area (Å²) < 4.78 is 5.16. The number of H-pyrrole nitrogens is 1. The predicted octanol–water partition coefficient (Wildman–Crippen LogP) is 5.49. The first-order chi connectivity index (χ1) is 13.2. The van der Waals surface area contributed by atoms with Gasteiger partial charge in [0.05, 0.1) is 7.11 Å². The molecule has 0 atom stereocenters. The number of amides is 2. The summed E-state index contributed by atoms with van der Waals surface area (Å²) in [6.45, 7) is 0. The van der Waals surface area contributed by atoms with Crippen LogP contribution in [0.25, 0.3) is 22.2 Å². The first-order valence-electron chi connectivity index (χ1n) is 8.61. The molecule has 0 unspecified atom stereocenters. The van der Waals surface area contributed by atoms with E-state index in [0.717, 1.165) is 22.5 Å². The van der Waals surface area contributed by atoms with Crippen LogP contribution in [0.3, 0.4) is 0 Å². The van der Waals surface area contributed by atoms with Crippen molar-refractivity contribution in [3.8, 4) is 17.0 Å². The third-order valence-electron chi connectivity index (χ3n) is 4.31. The fourth-order valence-corrected chi connectivity index (χ4v) is 2.96. The Morgan fingerprint density at radius 2 is 1.63 bits per heavy atom. The number of hydrogen-bond donors (Lipinski definition) is 3. The number of benzene rings is 3. The molecule has 1 aromatic heterocycles. The first kappa shape index (κ1) is 16.7. The van der Waals surface area contributed by atoms with Crippen LogP contribution in [0, 0.1) is 0 Å². The Morgan fingerprint density at radius 3 is 2.41 bits per heavy atom. The molecule has 4 rings (SSSR count). The molecule has 0 radical (unpaired) electrons. The summed E-state index contributed by atoms with van der Waals surface area (Å²) in [5.41, 5.74) is 4.60. The number of nitrogens with one attached hydrogen (secondary N) is 3. The molecule has 0 fully saturated rings. The molecule has 0 aliphatic heterocycles. The van der Waals surface area contributed by atoms with Crippen LogP contribution in [-0.2, 0) is 0 Å². The van der Waals surface area contributed by atoms with E-state index in [4.69, 9.17) is 4.74 Å². The zero-order valence-corrected chi connectivity index (χ0v) is 14.8. The number of aromatic nitrogens is 1. The number of para-hydroxylation sites is 1. The van der Waals surface area contributed by atoms with Gasteiger partial charge in [0.2, 0.25) is 0 Å². The lowest BCUT2D eigenvalue weighted by atomic mass is 10.1. The van der Waals surface area contributed by atoms with Crippen LogP contribution in [0.2, 0.25) is 0 Å². The van der Waals surface area contributed by atoms with E-state index in [1.54, 1.807) is 19.2 Å². The summed E-state index contributed by atoms with van der Waals surface area (Å²) in [5.74, 6) is 0.690. The van der Waals surface area contributed by atoms with E-state index in [1.165, 1.54) is 5.39 Å². The standard InChI is InChI=1S/C22H19N3O2/c1-27-19-7-4-6-18(14-19)24-22(26)23-17-11-9-15(10-12-17)21-13-16-5-2-3-8-20(16)25-21/h2-14,25H,1H3,(H2,23,24,26). The molecular weight excluding hydrogens is 338 g/mol. The molecule has 3 aromatic carbocycles. The van der Waals surface area contributed by atoms with Crippen LogP contribution in [0.4, 0.5) is 16.2 Å². The molecule has 3 N–H and O–H groups in total. The van der Waals surface area contributed by atoms with Gasteiger partial charge in [-0.3, -0.25) is 0 Å². The number of fused-ring (bicyclic) bond motifs is 1. The zero-order valence-electron chi connectivity index (χ0n) is 14.8. The van der Waals surface area contributed by atoms with Gasteiger partial charge in [-0.1, -0.05) is 36.4 Å². The molecule has 2 amide bonds. The minimum absolute atomic E-state index is 0.304. The smallest absolute Gasteiger partial charge is 0.323 e. The number of rotatable bonds is 4. The van der Waals surface area contributed by atoms with Crippen LogP contribution in [0.15, 0.2) is 78.9 Å². The van der Waals surface area contributed by atoms with Crippen molar-refractivity contribution in [1.29, 1.82) is 0 Å².